The zero-order valence-corrected chi connectivity index (χ0v) is 20.7. The standard InChI is InChI=1S/C25H36N2O4Si/c1-25(2,3)32(4,5)31-18-21(17-28)27-22(29)16-26-24(30)23(19-12-8-6-9-13-19)20-14-10-7-11-15-20/h6-15,21,23,28H,16-18H2,1-5H3,(H,26,30)(H,27,29). The van der Waals surface area contributed by atoms with Crippen LogP contribution in [-0.4, -0.2) is 51.0 Å². The van der Waals surface area contributed by atoms with Gasteiger partial charge in [0.15, 0.2) is 8.32 Å². The molecule has 6 nitrogen and oxygen atoms in total. The number of carbonyl (C=O) groups is 2. The Balaban J connectivity index is 1.97. The largest absolute Gasteiger partial charge is 0.415 e. The van der Waals surface area contributed by atoms with Crippen molar-refractivity contribution >= 4 is 20.1 Å². The van der Waals surface area contributed by atoms with E-state index in [1.165, 1.54) is 0 Å². The summed E-state index contributed by atoms with van der Waals surface area (Å²) in [6.07, 6.45) is 0. The third kappa shape index (κ3) is 7.29. The average molecular weight is 457 g/mol. The van der Waals surface area contributed by atoms with Crippen LogP contribution in [-0.2, 0) is 14.0 Å². The van der Waals surface area contributed by atoms with Gasteiger partial charge >= 0.3 is 0 Å². The van der Waals surface area contributed by atoms with Crippen LogP contribution in [0, 0.1) is 0 Å². The number of carbonyl (C=O) groups excluding carboxylic acids is 2. The van der Waals surface area contributed by atoms with Gasteiger partial charge in [-0.2, -0.15) is 0 Å². The van der Waals surface area contributed by atoms with Crippen molar-refractivity contribution in [1.29, 1.82) is 0 Å². The number of hydrogen-bond acceptors (Lipinski definition) is 4. The summed E-state index contributed by atoms with van der Waals surface area (Å²) in [4.78, 5) is 25.5. The predicted molar refractivity (Wildman–Crippen MR) is 130 cm³/mol. The third-order valence-corrected chi connectivity index (χ3v) is 10.5. The molecular formula is C25H36N2O4Si. The van der Waals surface area contributed by atoms with Crippen molar-refractivity contribution in [2.24, 2.45) is 0 Å². The third-order valence-electron chi connectivity index (χ3n) is 5.99. The Morgan fingerprint density at radius 1 is 0.969 bits per heavy atom. The number of aliphatic hydroxyl groups excluding tert-OH is 1. The lowest BCUT2D eigenvalue weighted by Gasteiger charge is -2.37. The van der Waals surface area contributed by atoms with E-state index in [4.69, 9.17) is 4.43 Å². The van der Waals surface area contributed by atoms with Crippen LogP contribution in [0.3, 0.4) is 0 Å². The number of rotatable bonds is 10. The first-order valence-corrected chi connectivity index (χ1v) is 13.9. The van der Waals surface area contributed by atoms with Gasteiger partial charge in [-0.1, -0.05) is 81.4 Å². The molecule has 0 aromatic heterocycles. The molecule has 0 heterocycles. The lowest BCUT2D eigenvalue weighted by atomic mass is 9.90. The molecular weight excluding hydrogens is 420 g/mol. The highest BCUT2D eigenvalue weighted by Gasteiger charge is 2.37. The van der Waals surface area contributed by atoms with Crippen LogP contribution in [0.15, 0.2) is 60.7 Å². The second-order valence-corrected chi connectivity index (χ2v) is 14.3. The first kappa shape index (κ1) is 25.8. The lowest BCUT2D eigenvalue weighted by Crippen LogP contribution is -2.49. The number of hydrogen-bond donors (Lipinski definition) is 3. The smallest absolute Gasteiger partial charge is 0.239 e. The minimum absolute atomic E-state index is 0.0366. The Hall–Kier alpha value is -2.48. The maximum Gasteiger partial charge on any atom is 0.239 e. The van der Waals surface area contributed by atoms with Crippen molar-refractivity contribution in [3.8, 4) is 0 Å². The first-order valence-electron chi connectivity index (χ1n) is 11.0. The van der Waals surface area contributed by atoms with Gasteiger partial charge in [-0.15, -0.1) is 0 Å². The maximum atomic E-state index is 13.0. The van der Waals surface area contributed by atoms with E-state index >= 15 is 0 Å². The fourth-order valence-electron chi connectivity index (χ4n) is 3.00. The number of aliphatic hydroxyl groups is 1. The number of amides is 2. The molecule has 0 aliphatic carbocycles. The Kier molecular flexibility index (Phi) is 9.18. The number of nitrogens with one attached hydrogen (secondary N) is 2. The van der Waals surface area contributed by atoms with Crippen LogP contribution in [0.1, 0.15) is 37.8 Å². The SMILES string of the molecule is CC(C)(C)[Si](C)(C)OCC(CO)NC(=O)CNC(=O)C(c1ccccc1)c1ccccc1. The fraction of sp³-hybridized carbons (Fsp3) is 0.440. The summed E-state index contributed by atoms with van der Waals surface area (Å²) >= 11 is 0. The van der Waals surface area contributed by atoms with Crippen LogP contribution < -0.4 is 10.6 Å². The van der Waals surface area contributed by atoms with E-state index in [-0.39, 0.29) is 36.6 Å². The molecule has 2 rings (SSSR count). The molecule has 0 aliphatic rings. The quantitative estimate of drug-likeness (QED) is 0.478. The maximum absolute atomic E-state index is 13.0. The van der Waals surface area contributed by atoms with Gasteiger partial charge in [0.2, 0.25) is 11.8 Å². The molecule has 1 unspecified atom stereocenters. The van der Waals surface area contributed by atoms with Gasteiger partial charge in [0.05, 0.1) is 31.7 Å². The minimum Gasteiger partial charge on any atom is -0.415 e. The Labute approximate surface area is 192 Å². The fourth-order valence-corrected chi connectivity index (χ4v) is 4.05. The van der Waals surface area contributed by atoms with Gasteiger partial charge in [0.1, 0.15) is 0 Å². The summed E-state index contributed by atoms with van der Waals surface area (Å²) < 4.78 is 6.10. The van der Waals surface area contributed by atoms with E-state index in [2.05, 4.69) is 44.5 Å². The molecule has 2 aromatic rings. The lowest BCUT2D eigenvalue weighted by molar-refractivity contribution is -0.127. The normalized spacial score (nSPS) is 13.0. The van der Waals surface area contributed by atoms with Crippen LogP contribution in [0.4, 0.5) is 0 Å². The summed E-state index contributed by atoms with van der Waals surface area (Å²) in [6.45, 7) is 10.5. The summed E-state index contributed by atoms with van der Waals surface area (Å²) in [5.41, 5.74) is 1.71. The molecule has 32 heavy (non-hydrogen) atoms. The molecule has 0 spiro atoms. The van der Waals surface area contributed by atoms with Gasteiger partial charge in [0, 0.05) is 0 Å². The van der Waals surface area contributed by atoms with E-state index in [9.17, 15) is 14.7 Å². The molecule has 3 N–H and O–H groups in total. The molecule has 0 radical (unpaired) electrons. The number of benzene rings is 2. The Morgan fingerprint density at radius 3 is 1.91 bits per heavy atom. The summed E-state index contributed by atoms with van der Waals surface area (Å²) in [7, 11) is -1.99. The van der Waals surface area contributed by atoms with Crippen LogP contribution in [0.5, 0.6) is 0 Å². The van der Waals surface area contributed by atoms with Gasteiger partial charge < -0.3 is 20.2 Å². The van der Waals surface area contributed by atoms with Gasteiger partial charge in [-0.25, -0.2) is 0 Å². The second kappa shape index (κ2) is 11.4. The van der Waals surface area contributed by atoms with Crippen LogP contribution >= 0.6 is 0 Å². The van der Waals surface area contributed by atoms with Gasteiger partial charge in [-0.05, 0) is 29.3 Å². The van der Waals surface area contributed by atoms with E-state index in [0.29, 0.717) is 0 Å². The molecule has 1 atom stereocenters. The molecule has 7 heteroatoms. The monoisotopic (exact) mass is 456 g/mol. The molecule has 0 saturated carbocycles. The van der Waals surface area contributed by atoms with Crippen LogP contribution in [0.2, 0.25) is 18.1 Å². The van der Waals surface area contributed by atoms with Crippen molar-refractivity contribution in [3.63, 3.8) is 0 Å². The van der Waals surface area contributed by atoms with Gasteiger partial charge in [0.25, 0.3) is 0 Å². The van der Waals surface area contributed by atoms with Crippen molar-refractivity contribution < 1.29 is 19.1 Å². The second-order valence-electron chi connectivity index (χ2n) is 9.49. The molecule has 0 fully saturated rings. The van der Waals surface area contributed by atoms with Crippen molar-refractivity contribution in [2.75, 3.05) is 19.8 Å². The van der Waals surface area contributed by atoms with Gasteiger partial charge in [-0.3, -0.25) is 9.59 Å². The molecule has 0 aliphatic heterocycles. The van der Waals surface area contributed by atoms with E-state index < -0.39 is 20.3 Å². The van der Waals surface area contributed by atoms with Crippen molar-refractivity contribution in [2.45, 2.75) is 50.9 Å². The summed E-state index contributed by atoms with van der Waals surface area (Å²) in [5, 5.41) is 15.2. The first-order chi connectivity index (χ1) is 15.0. The highest BCUT2D eigenvalue weighted by atomic mass is 28.4. The molecule has 2 amide bonds. The van der Waals surface area contributed by atoms with Crippen LogP contribution in [0.25, 0.3) is 0 Å². The highest BCUT2D eigenvalue weighted by molar-refractivity contribution is 6.74. The van der Waals surface area contributed by atoms with E-state index in [0.717, 1.165) is 11.1 Å². The minimum atomic E-state index is -1.99. The average Bonchev–Trinajstić information content (AvgIpc) is 2.76. The summed E-state index contributed by atoms with van der Waals surface area (Å²) in [6, 6.07) is 18.4. The van der Waals surface area contributed by atoms with E-state index in [1.807, 2.05) is 60.7 Å². The Morgan fingerprint density at radius 2 is 1.47 bits per heavy atom. The molecule has 2 aromatic carbocycles. The topological polar surface area (TPSA) is 87.7 Å². The van der Waals surface area contributed by atoms with Crippen molar-refractivity contribution in [3.05, 3.63) is 71.8 Å². The predicted octanol–water partition coefficient (Wildman–Crippen LogP) is 3.43. The van der Waals surface area contributed by atoms with E-state index in [1.54, 1.807) is 0 Å². The molecule has 0 saturated heterocycles. The zero-order chi connectivity index (χ0) is 23.8. The molecule has 174 valence electrons. The van der Waals surface area contributed by atoms with Crippen molar-refractivity contribution in [1.82, 2.24) is 10.6 Å². The zero-order valence-electron chi connectivity index (χ0n) is 19.7. The Bertz CT molecular complexity index is 827. The highest BCUT2D eigenvalue weighted by Crippen LogP contribution is 2.36. The summed E-state index contributed by atoms with van der Waals surface area (Å²) in [5.74, 6) is -1.13. The molecule has 0 bridgehead atoms.